The molecule has 0 bridgehead atoms. The molecule has 170 valence electrons. The van der Waals surface area contributed by atoms with E-state index in [9.17, 15) is 9.59 Å². The summed E-state index contributed by atoms with van der Waals surface area (Å²) in [6.45, 7) is 3.96. The van der Waals surface area contributed by atoms with Crippen LogP contribution in [0.1, 0.15) is 31.2 Å². The summed E-state index contributed by atoms with van der Waals surface area (Å²) in [6, 6.07) is 7.07. The van der Waals surface area contributed by atoms with Crippen LogP contribution < -0.4 is 5.32 Å². The summed E-state index contributed by atoms with van der Waals surface area (Å²) in [5.41, 5.74) is 2.18. The van der Waals surface area contributed by atoms with Crippen molar-refractivity contribution in [2.45, 2.75) is 26.4 Å². The molecule has 1 N–H and O–H groups in total. The third-order valence-electron chi connectivity index (χ3n) is 5.16. The van der Waals surface area contributed by atoms with Gasteiger partial charge in [-0.25, -0.2) is 14.6 Å². The SMILES string of the molecule is CCOC(=O)C1=C(COCc2nccn2C)NC(C)=C(C(=O)OC)C1c1ccccc1Cl. The molecule has 2 aromatic rings. The highest BCUT2D eigenvalue weighted by Crippen LogP contribution is 2.41. The second-order valence-corrected chi connectivity index (χ2v) is 7.58. The van der Waals surface area contributed by atoms with Gasteiger partial charge in [-0.05, 0) is 25.5 Å². The number of aryl methyl sites for hydroxylation is 1. The number of benzene rings is 1. The quantitative estimate of drug-likeness (QED) is 0.606. The first-order valence-electron chi connectivity index (χ1n) is 10.1. The number of carbonyl (C=O) groups excluding carboxylic acids is 2. The number of methoxy groups -OCH3 is 1. The van der Waals surface area contributed by atoms with Crippen LogP contribution in [0.5, 0.6) is 0 Å². The Morgan fingerprint density at radius 2 is 1.94 bits per heavy atom. The molecule has 2 heterocycles. The molecule has 1 aromatic heterocycles. The highest BCUT2D eigenvalue weighted by Gasteiger charge is 2.39. The number of nitrogens with zero attached hydrogens (tertiary/aromatic N) is 2. The van der Waals surface area contributed by atoms with Gasteiger partial charge in [0.2, 0.25) is 0 Å². The maximum Gasteiger partial charge on any atom is 0.336 e. The monoisotopic (exact) mass is 459 g/mol. The number of imidazole rings is 1. The van der Waals surface area contributed by atoms with Gasteiger partial charge in [0, 0.05) is 30.2 Å². The molecule has 1 unspecified atom stereocenters. The molecule has 0 saturated carbocycles. The first kappa shape index (κ1) is 23.6. The summed E-state index contributed by atoms with van der Waals surface area (Å²) >= 11 is 6.49. The molecule has 9 heteroatoms. The molecule has 1 aromatic carbocycles. The van der Waals surface area contributed by atoms with Crippen molar-refractivity contribution in [1.29, 1.82) is 0 Å². The van der Waals surface area contributed by atoms with E-state index in [-0.39, 0.29) is 31.0 Å². The molecule has 1 atom stereocenters. The molecule has 8 nitrogen and oxygen atoms in total. The minimum absolute atomic E-state index is 0.0771. The van der Waals surface area contributed by atoms with Crippen LogP contribution in [-0.4, -0.2) is 41.8 Å². The van der Waals surface area contributed by atoms with E-state index in [0.717, 1.165) is 5.82 Å². The second-order valence-electron chi connectivity index (χ2n) is 7.17. The lowest BCUT2D eigenvalue weighted by atomic mass is 9.80. The number of hydrogen-bond acceptors (Lipinski definition) is 7. The molecular weight excluding hydrogens is 434 g/mol. The number of aromatic nitrogens is 2. The number of halogens is 1. The predicted molar refractivity (Wildman–Crippen MR) is 119 cm³/mol. The third-order valence-corrected chi connectivity index (χ3v) is 5.50. The summed E-state index contributed by atoms with van der Waals surface area (Å²) in [6.07, 6.45) is 3.51. The lowest BCUT2D eigenvalue weighted by molar-refractivity contribution is -0.139. The standard InChI is InChI=1S/C23H26ClN3O5/c1-5-32-23(29)21-17(12-31-13-18-25-10-11-27(18)3)26-14(2)19(22(28)30-4)20(21)15-8-6-7-9-16(15)24/h6-11,20,26H,5,12-13H2,1-4H3. The Balaban J connectivity index is 2.07. The van der Waals surface area contributed by atoms with Crippen LogP contribution in [0.2, 0.25) is 5.02 Å². The van der Waals surface area contributed by atoms with Crippen molar-refractivity contribution in [2.75, 3.05) is 20.3 Å². The first-order valence-corrected chi connectivity index (χ1v) is 10.5. The van der Waals surface area contributed by atoms with Crippen molar-refractivity contribution in [3.05, 3.63) is 75.6 Å². The molecule has 1 aliphatic rings. The number of allylic oxidation sites excluding steroid dienone is 1. The summed E-state index contributed by atoms with van der Waals surface area (Å²) in [7, 11) is 3.17. The van der Waals surface area contributed by atoms with Gasteiger partial charge in [0.25, 0.3) is 0 Å². The van der Waals surface area contributed by atoms with Gasteiger partial charge in [-0.15, -0.1) is 0 Å². The topological polar surface area (TPSA) is 91.7 Å². The number of rotatable bonds is 8. The van der Waals surface area contributed by atoms with Gasteiger partial charge in [0.05, 0.1) is 43.1 Å². The molecule has 0 amide bonds. The fourth-order valence-electron chi connectivity index (χ4n) is 3.64. The van der Waals surface area contributed by atoms with Gasteiger partial charge in [0.1, 0.15) is 12.4 Å². The summed E-state index contributed by atoms with van der Waals surface area (Å²) in [5.74, 6) is -1.16. The average Bonchev–Trinajstić information content (AvgIpc) is 3.18. The van der Waals surface area contributed by atoms with Gasteiger partial charge in [-0.1, -0.05) is 29.8 Å². The van der Waals surface area contributed by atoms with E-state index in [1.807, 2.05) is 17.8 Å². The first-order chi connectivity index (χ1) is 15.4. The largest absolute Gasteiger partial charge is 0.466 e. The highest BCUT2D eigenvalue weighted by atomic mass is 35.5. The zero-order valence-corrected chi connectivity index (χ0v) is 19.2. The Hall–Kier alpha value is -3.10. The van der Waals surface area contributed by atoms with E-state index in [1.54, 1.807) is 44.3 Å². The highest BCUT2D eigenvalue weighted by molar-refractivity contribution is 6.31. The smallest absolute Gasteiger partial charge is 0.336 e. The summed E-state index contributed by atoms with van der Waals surface area (Å²) < 4.78 is 18.1. The number of dihydropyridines is 1. The Morgan fingerprint density at radius 3 is 2.56 bits per heavy atom. The maximum absolute atomic E-state index is 13.1. The zero-order chi connectivity index (χ0) is 23.3. The van der Waals surface area contributed by atoms with Gasteiger partial charge >= 0.3 is 11.9 Å². The number of hydrogen-bond donors (Lipinski definition) is 1. The Bertz CT molecular complexity index is 1070. The van der Waals surface area contributed by atoms with Gasteiger partial charge in [-0.3, -0.25) is 0 Å². The number of ether oxygens (including phenoxy) is 3. The van der Waals surface area contributed by atoms with E-state index in [0.29, 0.717) is 22.0 Å². The van der Waals surface area contributed by atoms with Crippen LogP contribution in [0, 0.1) is 0 Å². The molecule has 0 saturated heterocycles. The summed E-state index contributed by atoms with van der Waals surface area (Å²) in [5, 5.41) is 3.57. The molecular formula is C23H26ClN3O5. The number of carbonyl (C=O) groups is 2. The van der Waals surface area contributed by atoms with E-state index >= 15 is 0 Å². The molecule has 0 radical (unpaired) electrons. The van der Waals surface area contributed by atoms with Crippen LogP contribution in [0.4, 0.5) is 0 Å². The molecule has 0 aliphatic carbocycles. The summed E-state index contributed by atoms with van der Waals surface area (Å²) in [4.78, 5) is 30.1. The molecule has 32 heavy (non-hydrogen) atoms. The third kappa shape index (κ3) is 4.87. The van der Waals surface area contributed by atoms with Crippen molar-refractivity contribution in [3.63, 3.8) is 0 Å². The fourth-order valence-corrected chi connectivity index (χ4v) is 3.89. The van der Waals surface area contributed by atoms with Crippen LogP contribution >= 0.6 is 11.6 Å². The van der Waals surface area contributed by atoms with Crippen LogP contribution in [0.25, 0.3) is 0 Å². The average molecular weight is 460 g/mol. The van der Waals surface area contributed by atoms with Crippen molar-refractivity contribution in [3.8, 4) is 0 Å². The maximum atomic E-state index is 13.1. The van der Waals surface area contributed by atoms with E-state index in [1.165, 1.54) is 7.11 Å². The number of nitrogens with one attached hydrogen (secondary N) is 1. The van der Waals surface area contributed by atoms with Crippen LogP contribution in [0.15, 0.2) is 59.2 Å². The molecule has 0 fully saturated rings. The second kappa shape index (κ2) is 10.5. The minimum atomic E-state index is -0.775. The normalized spacial score (nSPS) is 16.1. The lowest BCUT2D eigenvalue weighted by Gasteiger charge is -2.31. The van der Waals surface area contributed by atoms with Crippen molar-refractivity contribution >= 4 is 23.5 Å². The van der Waals surface area contributed by atoms with Gasteiger partial charge in [0.15, 0.2) is 0 Å². The Labute approximate surface area is 191 Å². The van der Waals surface area contributed by atoms with E-state index in [2.05, 4.69) is 10.3 Å². The molecule has 1 aliphatic heterocycles. The lowest BCUT2D eigenvalue weighted by Crippen LogP contribution is -2.34. The van der Waals surface area contributed by atoms with E-state index < -0.39 is 17.9 Å². The Morgan fingerprint density at radius 1 is 1.19 bits per heavy atom. The molecule has 3 rings (SSSR count). The fraction of sp³-hybridized carbons (Fsp3) is 0.348. The van der Waals surface area contributed by atoms with Crippen LogP contribution in [0.3, 0.4) is 0 Å². The van der Waals surface area contributed by atoms with Crippen molar-refractivity contribution < 1.29 is 23.8 Å². The number of esters is 2. The Kier molecular flexibility index (Phi) is 7.71. The zero-order valence-electron chi connectivity index (χ0n) is 18.5. The molecule has 0 spiro atoms. The van der Waals surface area contributed by atoms with Crippen molar-refractivity contribution in [2.24, 2.45) is 7.05 Å². The van der Waals surface area contributed by atoms with Crippen molar-refractivity contribution in [1.82, 2.24) is 14.9 Å². The predicted octanol–water partition coefficient (Wildman–Crippen LogP) is 3.24. The van der Waals surface area contributed by atoms with E-state index in [4.69, 9.17) is 25.8 Å². The minimum Gasteiger partial charge on any atom is -0.466 e. The van der Waals surface area contributed by atoms with Crippen LogP contribution in [-0.2, 0) is 37.5 Å². The van der Waals surface area contributed by atoms with Gasteiger partial charge < -0.3 is 24.1 Å². The van der Waals surface area contributed by atoms with Gasteiger partial charge in [-0.2, -0.15) is 0 Å².